The minimum Gasteiger partial charge on any atom is -0.457 e. The predicted molar refractivity (Wildman–Crippen MR) is 56.8 cm³/mol. The first-order chi connectivity index (χ1) is 6.74. The molecule has 2 heterocycles. The Morgan fingerprint density at radius 3 is 3.07 bits per heavy atom. The fraction of sp³-hybridized carbons (Fsp3) is 0.143. The zero-order valence-electron chi connectivity index (χ0n) is 7.03. The van der Waals surface area contributed by atoms with Crippen LogP contribution in [-0.4, -0.2) is 15.2 Å². The van der Waals surface area contributed by atoms with Crippen molar-refractivity contribution >= 4 is 33.6 Å². The molecule has 0 saturated carbocycles. The van der Waals surface area contributed by atoms with Crippen molar-refractivity contribution in [3.63, 3.8) is 0 Å². The number of rotatable bonds is 3. The Bertz CT molecular complexity index is 387. The van der Waals surface area contributed by atoms with Crippen LogP contribution in [0, 0.1) is 0 Å². The van der Waals surface area contributed by atoms with Crippen molar-refractivity contribution < 1.29 is 4.42 Å². The van der Waals surface area contributed by atoms with Crippen LogP contribution >= 0.6 is 27.7 Å². The van der Waals surface area contributed by atoms with E-state index in [1.165, 1.54) is 11.8 Å². The fourth-order valence-electron chi connectivity index (χ4n) is 0.892. The summed E-state index contributed by atoms with van der Waals surface area (Å²) in [5, 5.41) is 7.11. The molecule has 0 aliphatic rings. The van der Waals surface area contributed by atoms with Gasteiger partial charge in [0.05, 0.1) is 6.26 Å². The van der Waals surface area contributed by atoms with E-state index in [2.05, 4.69) is 31.1 Å². The molecule has 0 radical (unpaired) electrons. The van der Waals surface area contributed by atoms with Gasteiger partial charge in [0, 0.05) is 11.3 Å². The van der Waals surface area contributed by atoms with Crippen molar-refractivity contribution in [3.8, 4) is 0 Å². The van der Waals surface area contributed by atoms with Crippen LogP contribution in [0.25, 0.3) is 0 Å². The van der Waals surface area contributed by atoms with Crippen LogP contribution in [0.2, 0.25) is 0 Å². The molecule has 0 bridgehead atoms. The Labute approximate surface area is 92.6 Å². The summed E-state index contributed by atoms with van der Waals surface area (Å²) >= 11 is 4.72. The molecule has 0 atom stereocenters. The van der Waals surface area contributed by atoms with Gasteiger partial charge in [-0.05, 0) is 22.0 Å². The van der Waals surface area contributed by atoms with Gasteiger partial charge >= 0.3 is 0 Å². The first-order valence-corrected chi connectivity index (χ1v) is 5.55. The summed E-state index contributed by atoms with van der Waals surface area (Å²) in [6.07, 6.45) is 1.69. The SMILES string of the molecule is Nc1nc(SCc2coc(Br)c2)n[nH]1. The lowest BCUT2D eigenvalue weighted by molar-refractivity contribution is 0.539. The molecule has 0 aliphatic heterocycles. The van der Waals surface area contributed by atoms with Crippen LogP contribution in [0.5, 0.6) is 0 Å². The van der Waals surface area contributed by atoms with E-state index >= 15 is 0 Å². The molecule has 0 spiro atoms. The minimum atomic E-state index is 0.334. The molecule has 7 heteroatoms. The molecule has 5 nitrogen and oxygen atoms in total. The zero-order valence-corrected chi connectivity index (χ0v) is 9.43. The van der Waals surface area contributed by atoms with Crippen molar-refractivity contribution in [1.29, 1.82) is 0 Å². The van der Waals surface area contributed by atoms with Crippen molar-refractivity contribution in [2.75, 3.05) is 5.73 Å². The van der Waals surface area contributed by atoms with Crippen LogP contribution in [0.4, 0.5) is 5.95 Å². The van der Waals surface area contributed by atoms with E-state index in [0.29, 0.717) is 11.1 Å². The van der Waals surface area contributed by atoms with Gasteiger partial charge in [-0.15, -0.1) is 5.10 Å². The number of furan rings is 1. The van der Waals surface area contributed by atoms with Gasteiger partial charge in [0.1, 0.15) is 0 Å². The maximum atomic E-state index is 5.38. The van der Waals surface area contributed by atoms with E-state index in [0.717, 1.165) is 16.0 Å². The zero-order chi connectivity index (χ0) is 9.97. The number of nitrogens with zero attached hydrogens (tertiary/aromatic N) is 2. The number of aromatic amines is 1. The highest BCUT2D eigenvalue weighted by Gasteiger charge is 2.03. The van der Waals surface area contributed by atoms with E-state index in [1.807, 2.05) is 6.07 Å². The second kappa shape index (κ2) is 4.05. The molecule has 2 rings (SSSR count). The lowest BCUT2D eigenvalue weighted by atomic mass is 10.4. The first-order valence-electron chi connectivity index (χ1n) is 3.77. The van der Waals surface area contributed by atoms with Gasteiger partial charge in [0.2, 0.25) is 11.1 Å². The number of thioether (sulfide) groups is 1. The summed E-state index contributed by atoms with van der Waals surface area (Å²) in [4.78, 5) is 3.96. The number of halogens is 1. The minimum absolute atomic E-state index is 0.334. The summed E-state index contributed by atoms with van der Waals surface area (Å²) in [7, 11) is 0. The van der Waals surface area contributed by atoms with Gasteiger partial charge < -0.3 is 10.2 Å². The van der Waals surface area contributed by atoms with E-state index < -0.39 is 0 Å². The van der Waals surface area contributed by atoms with Crippen LogP contribution in [0.3, 0.4) is 0 Å². The Morgan fingerprint density at radius 2 is 2.50 bits per heavy atom. The average Bonchev–Trinajstić information content (AvgIpc) is 2.72. The Kier molecular flexibility index (Phi) is 2.78. The Morgan fingerprint density at radius 1 is 1.64 bits per heavy atom. The van der Waals surface area contributed by atoms with Crippen molar-refractivity contribution in [1.82, 2.24) is 15.2 Å². The number of hydrogen-bond donors (Lipinski definition) is 2. The standard InChI is InChI=1S/C7H7BrN4OS/c8-5-1-4(2-13-5)3-14-7-10-6(9)11-12-7/h1-2H,3H2,(H3,9,10,11,12). The summed E-state index contributed by atoms with van der Waals surface area (Å²) in [5.74, 6) is 1.09. The molecule has 14 heavy (non-hydrogen) atoms. The van der Waals surface area contributed by atoms with Crippen LogP contribution in [-0.2, 0) is 5.75 Å². The van der Waals surface area contributed by atoms with Gasteiger partial charge in [-0.1, -0.05) is 11.8 Å². The molecule has 3 N–H and O–H groups in total. The number of H-pyrrole nitrogens is 1. The number of aromatic nitrogens is 3. The molecule has 0 aliphatic carbocycles. The molecule has 0 aromatic carbocycles. The summed E-state index contributed by atoms with van der Waals surface area (Å²) in [6.45, 7) is 0. The van der Waals surface area contributed by atoms with Gasteiger partial charge in [-0.25, -0.2) is 5.10 Å². The third kappa shape index (κ3) is 2.30. The molecular weight excluding hydrogens is 268 g/mol. The largest absolute Gasteiger partial charge is 0.457 e. The van der Waals surface area contributed by atoms with E-state index in [9.17, 15) is 0 Å². The Balaban J connectivity index is 1.94. The van der Waals surface area contributed by atoms with Gasteiger partial charge in [0.15, 0.2) is 4.67 Å². The van der Waals surface area contributed by atoms with E-state index in [1.54, 1.807) is 6.26 Å². The number of nitrogens with one attached hydrogen (secondary N) is 1. The lowest BCUT2D eigenvalue weighted by Gasteiger charge is -1.90. The summed E-state index contributed by atoms with van der Waals surface area (Å²) in [5.41, 5.74) is 6.46. The van der Waals surface area contributed by atoms with Crippen LogP contribution < -0.4 is 5.73 Å². The van der Waals surface area contributed by atoms with Crippen LogP contribution in [0.15, 0.2) is 26.6 Å². The normalized spacial score (nSPS) is 10.6. The molecular formula is C7H7BrN4OS. The lowest BCUT2D eigenvalue weighted by Crippen LogP contribution is -1.85. The molecule has 0 amide bonds. The summed E-state index contributed by atoms with van der Waals surface area (Å²) in [6, 6.07) is 1.91. The van der Waals surface area contributed by atoms with Crippen molar-refractivity contribution in [2.45, 2.75) is 10.9 Å². The average molecular weight is 275 g/mol. The second-order valence-corrected chi connectivity index (χ2v) is 4.28. The third-order valence-corrected chi connectivity index (χ3v) is 2.81. The van der Waals surface area contributed by atoms with Gasteiger partial charge in [-0.2, -0.15) is 4.98 Å². The topological polar surface area (TPSA) is 80.7 Å². The molecule has 0 fully saturated rings. The number of nitrogens with two attached hydrogens (primary N) is 1. The molecule has 2 aromatic heterocycles. The highest BCUT2D eigenvalue weighted by atomic mass is 79.9. The van der Waals surface area contributed by atoms with Crippen LogP contribution in [0.1, 0.15) is 5.56 Å². The second-order valence-electron chi connectivity index (χ2n) is 2.55. The molecule has 2 aromatic rings. The first kappa shape index (κ1) is 9.60. The maximum absolute atomic E-state index is 5.38. The summed E-state index contributed by atoms with van der Waals surface area (Å²) < 4.78 is 5.81. The van der Waals surface area contributed by atoms with Gasteiger partial charge in [0.25, 0.3) is 0 Å². The predicted octanol–water partition coefficient (Wildman–Crippen LogP) is 2.03. The quantitative estimate of drug-likeness (QED) is 0.838. The number of anilines is 1. The Hall–Kier alpha value is -0.950. The number of hydrogen-bond acceptors (Lipinski definition) is 5. The maximum Gasteiger partial charge on any atom is 0.216 e. The van der Waals surface area contributed by atoms with E-state index in [4.69, 9.17) is 10.2 Å². The highest BCUT2D eigenvalue weighted by Crippen LogP contribution is 2.22. The third-order valence-electron chi connectivity index (χ3n) is 1.47. The number of nitrogen functional groups attached to an aromatic ring is 1. The van der Waals surface area contributed by atoms with Crippen molar-refractivity contribution in [3.05, 3.63) is 22.6 Å². The fourth-order valence-corrected chi connectivity index (χ4v) is 2.00. The molecule has 0 saturated heterocycles. The smallest absolute Gasteiger partial charge is 0.216 e. The monoisotopic (exact) mass is 274 g/mol. The van der Waals surface area contributed by atoms with E-state index in [-0.39, 0.29) is 0 Å². The van der Waals surface area contributed by atoms with Gasteiger partial charge in [-0.3, -0.25) is 0 Å². The molecule has 74 valence electrons. The highest BCUT2D eigenvalue weighted by molar-refractivity contribution is 9.10. The molecule has 0 unspecified atom stereocenters. The van der Waals surface area contributed by atoms with Crippen molar-refractivity contribution in [2.24, 2.45) is 0 Å².